The number of pyridine rings is 1. The van der Waals surface area contributed by atoms with Gasteiger partial charge in [0.2, 0.25) is 0 Å². The van der Waals surface area contributed by atoms with Crippen molar-refractivity contribution in [3.8, 4) is 17.2 Å². The van der Waals surface area contributed by atoms with Crippen molar-refractivity contribution in [3.63, 3.8) is 0 Å². The first-order chi connectivity index (χ1) is 11.2. The highest BCUT2D eigenvalue weighted by molar-refractivity contribution is 9.10. The number of hydrogen-bond donors (Lipinski definition) is 1. The summed E-state index contributed by atoms with van der Waals surface area (Å²) in [6.07, 6.45) is 4.39. The van der Waals surface area contributed by atoms with E-state index in [1.54, 1.807) is 0 Å². The number of anilines is 1. The molecule has 0 bridgehead atoms. The number of nitriles is 1. The second-order valence-corrected chi connectivity index (χ2v) is 7.68. The highest BCUT2D eigenvalue weighted by Gasteiger charge is 2.23. The van der Waals surface area contributed by atoms with Crippen LogP contribution >= 0.6 is 27.3 Å². The lowest BCUT2D eigenvalue weighted by molar-refractivity contribution is 0.673. The van der Waals surface area contributed by atoms with E-state index in [-0.39, 0.29) is 0 Å². The number of aryl methyl sites for hydroxylation is 1. The third-order valence-corrected chi connectivity index (χ3v) is 5.92. The summed E-state index contributed by atoms with van der Waals surface area (Å²) in [7, 11) is 0. The Kier molecular flexibility index (Phi) is 3.59. The number of fused-ring (bicyclic) bond motifs is 2. The smallest absolute Gasteiger partial charge is 0.130 e. The standard InChI is InChI=1S/C18H14BrN3S/c19-11-7-5-10(6-8-11)15-12-3-1-2-4-13(12)22-18-16(15)17(21)14(9-20)23-18/h5-8H,1-4,21H2. The lowest BCUT2D eigenvalue weighted by Crippen LogP contribution is -2.07. The van der Waals surface area contributed by atoms with Crippen LogP contribution in [0.3, 0.4) is 0 Å². The minimum Gasteiger partial charge on any atom is -0.396 e. The van der Waals surface area contributed by atoms with Crippen molar-refractivity contribution in [2.24, 2.45) is 0 Å². The molecular weight excluding hydrogens is 370 g/mol. The van der Waals surface area contributed by atoms with Crippen molar-refractivity contribution in [3.05, 3.63) is 44.9 Å². The fourth-order valence-corrected chi connectivity index (χ4v) is 4.51. The van der Waals surface area contributed by atoms with E-state index in [9.17, 15) is 5.26 Å². The predicted octanol–water partition coefficient (Wildman–Crippen LogP) is 5.06. The molecule has 2 aromatic heterocycles. The number of benzene rings is 1. The third kappa shape index (κ3) is 2.34. The molecular formula is C18H14BrN3S. The molecule has 1 aliphatic carbocycles. The highest BCUT2D eigenvalue weighted by atomic mass is 79.9. The van der Waals surface area contributed by atoms with Crippen LogP contribution in [0.25, 0.3) is 21.3 Å². The zero-order valence-electron chi connectivity index (χ0n) is 12.4. The maximum absolute atomic E-state index is 9.33. The quantitative estimate of drug-likeness (QED) is 0.638. The molecule has 0 saturated carbocycles. The van der Waals surface area contributed by atoms with Gasteiger partial charge in [-0.1, -0.05) is 28.1 Å². The fraction of sp³-hybridized carbons (Fsp3) is 0.222. The van der Waals surface area contributed by atoms with Crippen molar-refractivity contribution < 1.29 is 0 Å². The van der Waals surface area contributed by atoms with Crippen LogP contribution in [0.4, 0.5) is 5.69 Å². The summed E-state index contributed by atoms with van der Waals surface area (Å²) in [6.45, 7) is 0. The minimum absolute atomic E-state index is 0.563. The summed E-state index contributed by atoms with van der Waals surface area (Å²) in [4.78, 5) is 6.28. The number of nitrogens with zero attached hydrogens (tertiary/aromatic N) is 2. The third-order valence-electron chi connectivity index (χ3n) is 4.39. The Morgan fingerprint density at radius 2 is 1.91 bits per heavy atom. The Balaban J connectivity index is 2.12. The minimum atomic E-state index is 0.563. The topological polar surface area (TPSA) is 62.7 Å². The van der Waals surface area contributed by atoms with E-state index >= 15 is 0 Å². The van der Waals surface area contributed by atoms with Gasteiger partial charge in [0.1, 0.15) is 15.8 Å². The second-order valence-electron chi connectivity index (χ2n) is 5.76. The van der Waals surface area contributed by atoms with Gasteiger partial charge in [-0.3, -0.25) is 0 Å². The van der Waals surface area contributed by atoms with Crippen molar-refractivity contribution in [1.29, 1.82) is 5.26 Å². The van der Waals surface area contributed by atoms with Gasteiger partial charge in [0.05, 0.1) is 5.69 Å². The van der Waals surface area contributed by atoms with E-state index in [1.165, 1.54) is 41.0 Å². The van der Waals surface area contributed by atoms with Crippen molar-refractivity contribution in [1.82, 2.24) is 4.98 Å². The van der Waals surface area contributed by atoms with Crippen molar-refractivity contribution >= 4 is 43.2 Å². The van der Waals surface area contributed by atoms with Gasteiger partial charge in [-0.25, -0.2) is 4.98 Å². The fourth-order valence-electron chi connectivity index (χ4n) is 3.33. The molecule has 4 rings (SSSR count). The van der Waals surface area contributed by atoms with Crippen LogP contribution in [0.5, 0.6) is 0 Å². The molecule has 5 heteroatoms. The SMILES string of the molecule is N#Cc1sc2nc3c(c(-c4ccc(Br)cc4)c2c1N)CCCC3. The molecule has 0 radical (unpaired) electrons. The number of rotatable bonds is 1. The first kappa shape index (κ1) is 14.7. The molecule has 0 atom stereocenters. The monoisotopic (exact) mass is 383 g/mol. The zero-order chi connectivity index (χ0) is 16.0. The van der Waals surface area contributed by atoms with Crippen molar-refractivity contribution in [2.75, 3.05) is 5.73 Å². The lowest BCUT2D eigenvalue weighted by atomic mass is 9.87. The maximum Gasteiger partial charge on any atom is 0.130 e. The summed E-state index contributed by atoms with van der Waals surface area (Å²) in [6, 6.07) is 10.5. The van der Waals surface area contributed by atoms with Crippen LogP contribution in [0.15, 0.2) is 28.7 Å². The molecule has 114 valence electrons. The number of halogens is 1. The molecule has 2 heterocycles. The maximum atomic E-state index is 9.33. The summed E-state index contributed by atoms with van der Waals surface area (Å²) in [5.41, 5.74) is 11.7. The van der Waals surface area contributed by atoms with E-state index in [2.05, 4.69) is 34.1 Å². The molecule has 3 nitrogen and oxygen atoms in total. The average Bonchev–Trinajstić information content (AvgIpc) is 2.89. The molecule has 0 spiro atoms. The first-order valence-electron chi connectivity index (χ1n) is 7.59. The Morgan fingerprint density at radius 3 is 2.65 bits per heavy atom. The second kappa shape index (κ2) is 5.63. The summed E-state index contributed by atoms with van der Waals surface area (Å²) >= 11 is 4.90. The van der Waals surface area contributed by atoms with Gasteiger partial charge in [-0.15, -0.1) is 11.3 Å². The number of aromatic nitrogens is 1. The summed E-state index contributed by atoms with van der Waals surface area (Å²) in [5.74, 6) is 0. The van der Waals surface area contributed by atoms with Crippen LogP contribution in [-0.4, -0.2) is 4.98 Å². The molecule has 3 aromatic rings. The van der Waals surface area contributed by atoms with E-state index in [4.69, 9.17) is 10.7 Å². The molecule has 0 unspecified atom stereocenters. The Hall–Kier alpha value is -1.90. The molecule has 2 N–H and O–H groups in total. The van der Waals surface area contributed by atoms with Crippen molar-refractivity contribution in [2.45, 2.75) is 25.7 Å². The van der Waals surface area contributed by atoms with Crippen LogP contribution in [0.1, 0.15) is 29.0 Å². The van der Waals surface area contributed by atoms with Gasteiger partial charge < -0.3 is 5.73 Å². The van der Waals surface area contributed by atoms with E-state index in [1.807, 2.05) is 12.1 Å². The molecule has 1 aromatic carbocycles. The highest BCUT2D eigenvalue weighted by Crippen LogP contribution is 2.43. The summed E-state index contributed by atoms with van der Waals surface area (Å²) in [5, 5.41) is 10.3. The van der Waals surface area contributed by atoms with Crippen LogP contribution in [0, 0.1) is 11.3 Å². The Labute approximate surface area is 146 Å². The van der Waals surface area contributed by atoms with Gasteiger partial charge in [-0.05, 0) is 54.5 Å². The number of nitrogens with two attached hydrogens (primary N) is 1. The van der Waals surface area contributed by atoms with Crippen LogP contribution in [-0.2, 0) is 12.8 Å². The number of thiophene rings is 1. The molecule has 0 aliphatic heterocycles. The summed E-state index contributed by atoms with van der Waals surface area (Å²) < 4.78 is 1.05. The van der Waals surface area contributed by atoms with Gasteiger partial charge in [-0.2, -0.15) is 5.26 Å². The average molecular weight is 384 g/mol. The number of hydrogen-bond acceptors (Lipinski definition) is 4. The normalized spacial score (nSPS) is 13.7. The van der Waals surface area contributed by atoms with Gasteiger partial charge in [0.25, 0.3) is 0 Å². The van der Waals surface area contributed by atoms with E-state index in [0.29, 0.717) is 10.6 Å². The largest absolute Gasteiger partial charge is 0.396 e. The lowest BCUT2D eigenvalue weighted by Gasteiger charge is -2.20. The van der Waals surface area contributed by atoms with Crippen LogP contribution < -0.4 is 5.73 Å². The van der Waals surface area contributed by atoms with E-state index < -0.39 is 0 Å². The number of nitrogen functional groups attached to an aromatic ring is 1. The molecule has 0 amide bonds. The van der Waals surface area contributed by atoms with Crippen LogP contribution in [0.2, 0.25) is 0 Å². The molecule has 0 saturated heterocycles. The zero-order valence-corrected chi connectivity index (χ0v) is 14.8. The Morgan fingerprint density at radius 1 is 1.17 bits per heavy atom. The molecule has 23 heavy (non-hydrogen) atoms. The van der Waals surface area contributed by atoms with Gasteiger partial charge in [0, 0.05) is 15.6 Å². The molecule has 1 aliphatic rings. The molecule has 0 fully saturated rings. The Bertz CT molecular complexity index is 951. The van der Waals surface area contributed by atoms with Gasteiger partial charge in [0.15, 0.2) is 0 Å². The van der Waals surface area contributed by atoms with E-state index in [0.717, 1.165) is 33.1 Å². The predicted molar refractivity (Wildman–Crippen MR) is 98.5 cm³/mol. The first-order valence-corrected chi connectivity index (χ1v) is 9.19. The van der Waals surface area contributed by atoms with Gasteiger partial charge >= 0.3 is 0 Å².